The van der Waals surface area contributed by atoms with Crippen LogP contribution in [0.5, 0.6) is 0 Å². The molecule has 38 heavy (non-hydrogen) atoms. The van der Waals surface area contributed by atoms with Crippen LogP contribution in [-0.2, 0) is 38.5 Å². The molecule has 0 saturated carbocycles. The van der Waals surface area contributed by atoms with Crippen LogP contribution >= 0.6 is 68.0 Å². The second-order valence-corrected chi connectivity index (χ2v) is 17.7. The van der Waals surface area contributed by atoms with Gasteiger partial charge in [0.25, 0.3) is 0 Å². The quantitative estimate of drug-likeness (QED) is 0.184. The SMILES string of the molecule is CCc1cc2c(s1)-c1sc(Cc3cc4c(s3)-c3sc(Cc5cc6c(s5)-c5sc(C)cc5C6)cc3C4)cc1C2. The zero-order valence-electron chi connectivity index (χ0n) is 21.2. The molecule has 6 aromatic rings. The summed E-state index contributed by atoms with van der Waals surface area (Å²) in [4.78, 5) is 18.4. The average Bonchev–Trinajstić information content (AvgIpc) is 3.68. The van der Waals surface area contributed by atoms with Crippen molar-refractivity contribution in [1.29, 1.82) is 0 Å². The fourth-order valence-corrected chi connectivity index (χ4v) is 14.2. The molecule has 0 amide bonds. The van der Waals surface area contributed by atoms with Crippen LogP contribution in [0.3, 0.4) is 0 Å². The first kappa shape index (κ1) is 23.0. The first-order valence-electron chi connectivity index (χ1n) is 13.3. The van der Waals surface area contributed by atoms with Gasteiger partial charge in [0.05, 0.1) is 0 Å². The molecular weight excluding hydrogens is 577 g/mol. The third kappa shape index (κ3) is 3.47. The summed E-state index contributed by atoms with van der Waals surface area (Å²) < 4.78 is 0. The van der Waals surface area contributed by atoms with Crippen LogP contribution in [-0.4, -0.2) is 0 Å². The molecule has 0 aromatic carbocycles. The van der Waals surface area contributed by atoms with Gasteiger partial charge in [0, 0.05) is 90.6 Å². The molecule has 0 spiro atoms. The molecule has 0 radical (unpaired) electrons. The summed E-state index contributed by atoms with van der Waals surface area (Å²) in [6, 6.07) is 14.8. The lowest BCUT2D eigenvalue weighted by Crippen LogP contribution is -1.83. The van der Waals surface area contributed by atoms with Gasteiger partial charge in [0.1, 0.15) is 0 Å². The lowest BCUT2D eigenvalue weighted by atomic mass is 10.1. The van der Waals surface area contributed by atoms with E-state index in [4.69, 9.17) is 0 Å². The van der Waals surface area contributed by atoms with Crippen LogP contribution in [0.1, 0.15) is 69.6 Å². The van der Waals surface area contributed by atoms with Crippen LogP contribution in [0.15, 0.2) is 36.4 Å². The van der Waals surface area contributed by atoms with Gasteiger partial charge in [-0.1, -0.05) is 6.92 Å². The number of rotatable bonds is 5. The molecule has 6 heteroatoms. The van der Waals surface area contributed by atoms with E-state index in [1.165, 1.54) is 34.1 Å². The molecule has 0 bridgehead atoms. The third-order valence-corrected chi connectivity index (χ3v) is 15.7. The Hall–Kier alpha value is -1.80. The third-order valence-electron chi connectivity index (χ3n) is 8.04. The Labute approximate surface area is 246 Å². The van der Waals surface area contributed by atoms with Crippen molar-refractivity contribution < 1.29 is 0 Å². The minimum Gasteiger partial charge on any atom is -0.139 e. The summed E-state index contributed by atoms with van der Waals surface area (Å²) in [6.45, 7) is 4.51. The number of thiophene rings is 6. The maximum absolute atomic E-state index is 2.51. The van der Waals surface area contributed by atoms with Gasteiger partial charge in [-0.25, -0.2) is 0 Å². The summed E-state index contributed by atoms with van der Waals surface area (Å²) in [6.07, 6.45) is 6.73. The van der Waals surface area contributed by atoms with Crippen LogP contribution in [0.4, 0.5) is 0 Å². The van der Waals surface area contributed by atoms with Crippen molar-refractivity contribution in [2.75, 3.05) is 0 Å². The summed E-state index contributed by atoms with van der Waals surface area (Å²) in [5.41, 5.74) is 9.35. The van der Waals surface area contributed by atoms with Gasteiger partial charge in [-0.15, -0.1) is 68.0 Å². The molecule has 6 heterocycles. The highest BCUT2D eigenvalue weighted by Crippen LogP contribution is 2.51. The summed E-state index contributed by atoms with van der Waals surface area (Å²) in [7, 11) is 0. The van der Waals surface area contributed by atoms with E-state index >= 15 is 0 Å². The maximum Gasteiger partial charge on any atom is 0.0484 e. The Morgan fingerprint density at radius 3 is 1.16 bits per heavy atom. The smallest absolute Gasteiger partial charge is 0.0484 e. The molecule has 0 unspecified atom stereocenters. The zero-order valence-corrected chi connectivity index (χ0v) is 26.1. The highest BCUT2D eigenvalue weighted by atomic mass is 32.1. The zero-order chi connectivity index (χ0) is 25.1. The number of fused-ring (bicyclic) bond motifs is 9. The van der Waals surface area contributed by atoms with E-state index in [2.05, 4.69) is 61.6 Å². The predicted molar refractivity (Wildman–Crippen MR) is 171 cm³/mol. The fourth-order valence-electron chi connectivity index (χ4n) is 6.42. The fraction of sp³-hybridized carbons (Fsp3) is 0.250. The van der Waals surface area contributed by atoms with Gasteiger partial charge < -0.3 is 0 Å². The molecule has 0 saturated heterocycles. The van der Waals surface area contributed by atoms with Crippen molar-refractivity contribution in [3.05, 3.63) is 99.0 Å². The van der Waals surface area contributed by atoms with Crippen molar-refractivity contribution in [2.24, 2.45) is 0 Å². The summed E-state index contributed by atoms with van der Waals surface area (Å²) >= 11 is 12.2. The van der Waals surface area contributed by atoms with Gasteiger partial charge in [0.15, 0.2) is 0 Å². The van der Waals surface area contributed by atoms with Crippen LogP contribution in [0.25, 0.3) is 29.3 Å². The minimum absolute atomic E-state index is 1.09. The van der Waals surface area contributed by atoms with E-state index in [0.717, 1.165) is 38.5 Å². The summed E-state index contributed by atoms with van der Waals surface area (Å²) in [5, 5.41) is 0. The van der Waals surface area contributed by atoms with E-state index in [1.54, 1.807) is 57.8 Å². The Morgan fingerprint density at radius 2 is 0.763 bits per heavy atom. The van der Waals surface area contributed by atoms with Crippen LogP contribution < -0.4 is 0 Å². The van der Waals surface area contributed by atoms with Gasteiger partial charge in [-0.05, 0) is 83.1 Å². The molecule has 188 valence electrons. The van der Waals surface area contributed by atoms with Crippen molar-refractivity contribution in [1.82, 2.24) is 0 Å². The second-order valence-electron chi connectivity index (χ2n) is 10.8. The van der Waals surface area contributed by atoms with Gasteiger partial charge in [-0.2, -0.15) is 0 Å². The first-order valence-corrected chi connectivity index (χ1v) is 18.2. The highest BCUT2D eigenvalue weighted by Gasteiger charge is 2.28. The van der Waals surface area contributed by atoms with Crippen LogP contribution in [0, 0.1) is 6.92 Å². The molecule has 0 nitrogen and oxygen atoms in total. The van der Waals surface area contributed by atoms with E-state index in [-0.39, 0.29) is 0 Å². The monoisotopic (exact) mass is 600 g/mol. The lowest BCUT2D eigenvalue weighted by molar-refractivity contribution is 1.17. The predicted octanol–water partition coefficient (Wildman–Crippen LogP) is 10.8. The minimum atomic E-state index is 1.09. The molecular formula is C32H24S6. The van der Waals surface area contributed by atoms with Gasteiger partial charge in [0.2, 0.25) is 0 Å². The number of hydrogen-bond donors (Lipinski definition) is 0. The molecule has 0 aliphatic heterocycles. The van der Waals surface area contributed by atoms with Crippen molar-refractivity contribution in [2.45, 2.75) is 52.4 Å². The summed E-state index contributed by atoms with van der Waals surface area (Å²) in [5.74, 6) is 0. The maximum atomic E-state index is 2.51. The van der Waals surface area contributed by atoms with E-state index < -0.39 is 0 Å². The van der Waals surface area contributed by atoms with Crippen LogP contribution in [0.2, 0.25) is 0 Å². The Morgan fingerprint density at radius 1 is 0.447 bits per heavy atom. The van der Waals surface area contributed by atoms with Crippen molar-refractivity contribution in [3.63, 3.8) is 0 Å². The van der Waals surface area contributed by atoms with Gasteiger partial charge >= 0.3 is 0 Å². The Kier molecular flexibility index (Phi) is 5.05. The number of hydrogen-bond acceptors (Lipinski definition) is 6. The highest BCUT2D eigenvalue weighted by molar-refractivity contribution is 7.24. The largest absolute Gasteiger partial charge is 0.139 e. The first-order chi connectivity index (χ1) is 18.6. The molecule has 3 aliphatic rings. The van der Waals surface area contributed by atoms with Gasteiger partial charge in [-0.3, -0.25) is 0 Å². The van der Waals surface area contributed by atoms with E-state index in [1.807, 2.05) is 56.7 Å². The molecule has 6 aromatic heterocycles. The van der Waals surface area contributed by atoms with E-state index in [0.29, 0.717) is 0 Å². The average molecular weight is 601 g/mol. The Bertz CT molecular complexity index is 1900. The Balaban J connectivity index is 0.947. The van der Waals surface area contributed by atoms with Crippen molar-refractivity contribution in [3.8, 4) is 29.3 Å². The number of aryl methyl sites for hydroxylation is 2. The topological polar surface area (TPSA) is 0 Å². The lowest BCUT2D eigenvalue weighted by Gasteiger charge is -1.95. The molecule has 3 aliphatic carbocycles. The standard InChI is InChI=1S/C32H24S6/c1-3-22-8-17-6-19-10-24(36-30(19)29(17)34-22)14-26-12-21-7-20-11-25(37-31(20)32(21)38-26)13-23-9-18-5-16-4-15(2)33-27(16)28(18)35-23/h4,8-12H,3,5-7,13-14H2,1-2H3. The van der Waals surface area contributed by atoms with Crippen molar-refractivity contribution >= 4 is 68.0 Å². The van der Waals surface area contributed by atoms with E-state index in [9.17, 15) is 0 Å². The normalized spacial score (nSPS) is 14.1. The second kappa shape index (κ2) is 8.35. The molecule has 0 N–H and O–H groups in total. The molecule has 0 atom stereocenters. The molecule has 0 fully saturated rings. The molecule has 9 rings (SSSR count).